The smallest absolute Gasteiger partial charge is 0.259 e. The number of anilines is 1. The number of nitrogens with two attached hydrogens (primary N) is 1. The van der Waals surface area contributed by atoms with Crippen LogP contribution in [0.25, 0.3) is 10.9 Å². The number of thioether (sulfide) groups is 1. The number of fused-ring (bicyclic) bond motifs is 1. The van der Waals surface area contributed by atoms with Crippen molar-refractivity contribution in [2.75, 3.05) is 32.1 Å². The lowest BCUT2D eigenvalue weighted by Crippen LogP contribution is -2.15. The van der Waals surface area contributed by atoms with Gasteiger partial charge in [-0.1, -0.05) is 11.8 Å². The first kappa shape index (κ1) is 12.9. The van der Waals surface area contributed by atoms with Gasteiger partial charge in [0, 0.05) is 18.0 Å². The Kier molecular flexibility index (Phi) is 3.88. The summed E-state index contributed by atoms with van der Waals surface area (Å²) in [6.45, 7) is 0.939. The monoisotopic (exact) mass is 264 g/mol. The molecular weight excluding hydrogens is 248 g/mol. The molecule has 18 heavy (non-hydrogen) atoms. The summed E-state index contributed by atoms with van der Waals surface area (Å²) in [6.07, 6.45) is 0. The molecule has 0 amide bonds. The van der Waals surface area contributed by atoms with Crippen molar-refractivity contribution in [1.29, 1.82) is 0 Å². The molecule has 0 radical (unpaired) electrons. The molecule has 0 bridgehead atoms. The van der Waals surface area contributed by atoms with E-state index < -0.39 is 0 Å². The molecule has 6 heteroatoms. The fraction of sp³-hybridized carbons (Fsp3) is 0.333. The Morgan fingerprint density at radius 2 is 2.22 bits per heavy atom. The average Bonchev–Trinajstić information content (AvgIpc) is 2.30. The molecule has 0 unspecified atom stereocenters. The van der Waals surface area contributed by atoms with Crippen LogP contribution in [0.3, 0.4) is 0 Å². The Morgan fingerprint density at radius 1 is 1.44 bits per heavy atom. The maximum Gasteiger partial charge on any atom is 0.259 e. The molecule has 0 aliphatic carbocycles. The van der Waals surface area contributed by atoms with Gasteiger partial charge in [0.25, 0.3) is 5.56 Å². The molecular formula is C12H16N4OS. The van der Waals surface area contributed by atoms with E-state index in [9.17, 15) is 4.79 Å². The third-order valence-corrected chi connectivity index (χ3v) is 3.34. The number of nitrogens with one attached hydrogen (secondary N) is 1. The number of benzene rings is 1. The zero-order chi connectivity index (χ0) is 13.1. The van der Waals surface area contributed by atoms with Crippen LogP contribution in [0, 0.1) is 0 Å². The summed E-state index contributed by atoms with van der Waals surface area (Å²) in [5, 5.41) is 1.19. The molecule has 2 rings (SSSR count). The van der Waals surface area contributed by atoms with E-state index in [1.807, 2.05) is 14.1 Å². The molecule has 1 heterocycles. The lowest BCUT2D eigenvalue weighted by Gasteiger charge is -2.08. The van der Waals surface area contributed by atoms with E-state index in [0.29, 0.717) is 21.7 Å². The number of nitrogen functional groups attached to an aromatic ring is 1. The number of aromatic amines is 1. The molecule has 3 N–H and O–H groups in total. The SMILES string of the molecule is CN(C)CCSc1nc2ccc(N)cc2c(=O)[nH]1. The summed E-state index contributed by atoms with van der Waals surface area (Å²) >= 11 is 1.54. The number of hydrogen-bond acceptors (Lipinski definition) is 5. The minimum absolute atomic E-state index is 0.139. The van der Waals surface area contributed by atoms with Crippen molar-refractivity contribution in [1.82, 2.24) is 14.9 Å². The summed E-state index contributed by atoms with van der Waals surface area (Å²) in [6, 6.07) is 5.17. The minimum Gasteiger partial charge on any atom is -0.399 e. The zero-order valence-electron chi connectivity index (χ0n) is 10.4. The van der Waals surface area contributed by atoms with Gasteiger partial charge < -0.3 is 15.6 Å². The van der Waals surface area contributed by atoms with E-state index in [-0.39, 0.29) is 5.56 Å². The lowest BCUT2D eigenvalue weighted by atomic mass is 10.2. The van der Waals surface area contributed by atoms with Crippen LogP contribution in [0.4, 0.5) is 5.69 Å². The van der Waals surface area contributed by atoms with Crippen LogP contribution in [0.15, 0.2) is 28.2 Å². The van der Waals surface area contributed by atoms with E-state index >= 15 is 0 Å². The molecule has 1 aromatic carbocycles. The van der Waals surface area contributed by atoms with Crippen LogP contribution >= 0.6 is 11.8 Å². The quantitative estimate of drug-likeness (QED) is 0.492. The molecule has 1 aromatic heterocycles. The molecule has 0 atom stereocenters. The first-order valence-corrected chi connectivity index (χ1v) is 6.62. The van der Waals surface area contributed by atoms with Gasteiger partial charge in [0.1, 0.15) is 0 Å². The van der Waals surface area contributed by atoms with Crippen molar-refractivity contribution in [2.45, 2.75) is 5.16 Å². The maximum atomic E-state index is 11.9. The highest BCUT2D eigenvalue weighted by atomic mass is 32.2. The van der Waals surface area contributed by atoms with Gasteiger partial charge in [0.15, 0.2) is 5.16 Å². The summed E-state index contributed by atoms with van der Waals surface area (Å²) in [4.78, 5) is 21.1. The van der Waals surface area contributed by atoms with Crippen LogP contribution in [0.1, 0.15) is 0 Å². The molecule has 96 valence electrons. The van der Waals surface area contributed by atoms with Gasteiger partial charge in [-0.2, -0.15) is 0 Å². The van der Waals surface area contributed by atoms with Crippen molar-refractivity contribution >= 4 is 28.4 Å². The molecule has 0 spiro atoms. The second-order valence-electron chi connectivity index (χ2n) is 4.30. The Bertz CT molecular complexity index is 609. The Morgan fingerprint density at radius 3 is 2.94 bits per heavy atom. The molecule has 0 aliphatic heterocycles. The third-order valence-electron chi connectivity index (χ3n) is 2.48. The van der Waals surface area contributed by atoms with Crippen molar-refractivity contribution < 1.29 is 0 Å². The van der Waals surface area contributed by atoms with Gasteiger partial charge in [-0.05, 0) is 32.3 Å². The zero-order valence-corrected chi connectivity index (χ0v) is 11.3. The minimum atomic E-state index is -0.139. The van der Waals surface area contributed by atoms with Gasteiger partial charge >= 0.3 is 0 Å². The molecule has 0 saturated carbocycles. The highest BCUT2D eigenvalue weighted by molar-refractivity contribution is 7.99. The number of H-pyrrole nitrogens is 1. The van der Waals surface area contributed by atoms with E-state index in [1.54, 1.807) is 30.0 Å². The van der Waals surface area contributed by atoms with Crippen LogP contribution < -0.4 is 11.3 Å². The Hall–Kier alpha value is -1.53. The number of rotatable bonds is 4. The van der Waals surface area contributed by atoms with Crippen LogP contribution in [0.5, 0.6) is 0 Å². The molecule has 0 saturated heterocycles. The summed E-state index contributed by atoms with van der Waals surface area (Å²) < 4.78 is 0. The van der Waals surface area contributed by atoms with Crippen LogP contribution in [0.2, 0.25) is 0 Å². The van der Waals surface area contributed by atoms with Gasteiger partial charge in [-0.25, -0.2) is 4.98 Å². The Labute approximate surface area is 109 Å². The normalized spacial score (nSPS) is 11.3. The fourth-order valence-electron chi connectivity index (χ4n) is 1.53. The lowest BCUT2D eigenvalue weighted by molar-refractivity contribution is 0.437. The number of nitrogens with zero attached hydrogens (tertiary/aromatic N) is 2. The number of aromatic nitrogens is 2. The van der Waals surface area contributed by atoms with E-state index in [1.165, 1.54) is 0 Å². The second-order valence-corrected chi connectivity index (χ2v) is 5.38. The van der Waals surface area contributed by atoms with Gasteiger partial charge in [0.2, 0.25) is 0 Å². The molecule has 0 fully saturated rings. The first-order chi connectivity index (χ1) is 8.56. The van der Waals surface area contributed by atoms with Crippen LogP contribution in [-0.2, 0) is 0 Å². The van der Waals surface area contributed by atoms with Gasteiger partial charge in [-0.3, -0.25) is 4.79 Å². The summed E-state index contributed by atoms with van der Waals surface area (Å²) in [5.74, 6) is 0.885. The Balaban J connectivity index is 2.26. The number of hydrogen-bond donors (Lipinski definition) is 2. The maximum absolute atomic E-state index is 11.9. The third kappa shape index (κ3) is 3.02. The molecule has 0 aliphatic rings. The largest absolute Gasteiger partial charge is 0.399 e. The van der Waals surface area contributed by atoms with Gasteiger partial charge in [0.05, 0.1) is 10.9 Å². The van der Waals surface area contributed by atoms with Crippen LogP contribution in [-0.4, -0.2) is 41.3 Å². The predicted octanol–water partition coefficient (Wildman–Crippen LogP) is 1.16. The average molecular weight is 264 g/mol. The van der Waals surface area contributed by atoms with E-state index in [2.05, 4.69) is 14.9 Å². The van der Waals surface area contributed by atoms with Crippen molar-refractivity contribution in [3.63, 3.8) is 0 Å². The first-order valence-electron chi connectivity index (χ1n) is 5.63. The van der Waals surface area contributed by atoms with E-state index in [0.717, 1.165) is 12.3 Å². The van der Waals surface area contributed by atoms with E-state index in [4.69, 9.17) is 5.73 Å². The molecule has 5 nitrogen and oxygen atoms in total. The van der Waals surface area contributed by atoms with Crippen molar-refractivity contribution in [3.05, 3.63) is 28.6 Å². The summed E-state index contributed by atoms with van der Waals surface area (Å²) in [7, 11) is 4.03. The molecule has 2 aromatic rings. The van der Waals surface area contributed by atoms with Crippen molar-refractivity contribution in [3.8, 4) is 0 Å². The predicted molar refractivity (Wildman–Crippen MR) is 76.1 cm³/mol. The second kappa shape index (κ2) is 5.41. The van der Waals surface area contributed by atoms with Gasteiger partial charge in [-0.15, -0.1) is 0 Å². The summed E-state index contributed by atoms with van der Waals surface area (Å²) in [5.41, 5.74) is 6.77. The highest BCUT2D eigenvalue weighted by Gasteiger charge is 2.04. The standard InChI is InChI=1S/C12H16N4OS/c1-16(2)5-6-18-12-14-10-4-3-8(13)7-9(10)11(17)15-12/h3-4,7H,5-6,13H2,1-2H3,(H,14,15,17). The highest BCUT2D eigenvalue weighted by Crippen LogP contribution is 2.16. The van der Waals surface area contributed by atoms with Crippen molar-refractivity contribution in [2.24, 2.45) is 0 Å². The topological polar surface area (TPSA) is 75.0 Å². The fourth-order valence-corrected chi connectivity index (χ4v) is 2.51.